The molecule has 0 amide bonds. The van der Waals surface area contributed by atoms with E-state index in [2.05, 4.69) is 26.1 Å². The minimum atomic E-state index is -3.13. The largest absolute Gasteiger partial charge is 0.377 e. The van der Waals surface area contributed by atoms with Gasteiger partial charge in [-0.15, -0.1) is 0 Å². The summed E-state index contributed by atoms with van der Waals surface area (Å²) in [6.45, 7) is 9.84. The summed E-state index contributed by atoms with van der Waals surface area (Å²) in [5.41, 5.74) is 0.0512. The average Bonchev–Trinajstić information content (AvgIpc) is 2.91. The maximum absolute atomic E-state index is 13.0. The maximum Gasteiger partial charge on any atom is 0.160 e. The molecule has 1 aliphatic heterocycles. The fraction of sp³-hybridized carbons (Fsp3) is 1.00. The van der Waals surface area contributed by atoms with E-state index in [1.54, 1.807) is 0 Å². The van der Waals surface area contributed by atoms with Gasteiger partial charge in [0.25, 0.3) is 0 Å². The highest BCUT2D eigenvalue weighted by Gasteiger charge is 2.51. The Labute approximate surface area is 123 Å². The Bertz CT molecular complexity index is 432. The third-order valence-electron chi connectivity index (χ3n) is 5.05. The van der Waals surface area contributed by atoms with Gasteiger partial charge in [0.1, 0.15) is 0 Å². The molecule has 4 nitrogen and oxygen atoms in total. The van der Waals surface area contributed by atoms with E-state index in [0.717, 1.165) is 25.8 Å². The summed E-state index contributed by atoms with van der Waals surface area (Å²) in [7, 11) is -3.13. The smallest absolute Gasteiger partial charge is 0.160 e. The zero-order valence-electron chi connectivity index (χ0n) is 13.2. The number of hydrogen-bond donors (Lipinski definition) is 1. The molecule has 0 aromatic rings. The quantitative estimate of drug-likeness (QED) is 0.845. The summed E-state index contributed by atoms with van der Waals surface area (Å²) < 4.78 is 31.5. The van der Waals surface area contributed by atoms with Gasteiger partial charge in [-0.25, -0.2) is 8.42 Å². The summed E-state index contributed by atoms with van der Waals surface area (Å²) in [6, 6.07) is 0.0697. The van der Waals surface area contributed by atoms with Crippen molar-refractivity contribution in [1.82, 2.24) is 5.32 Å². The SMILES string of the molecule is CCCNC1C(S(=O)(=O)C2CCOC2C)CCC1(C)C. The minimum absolute atomic E-state index is 0.0512. The van der Waals surface area contributed by atoms with Gasteiger partial charge in [0.15, 0.2) is 9.84 Å². The first-order valence-electron chi connectivity index (χ1n) is 7.88. The van der Waals surface area contributed by atoms with Crippen LogP contribution >= 0.6 is 0 Å². The van der Waals surface area contributed by atoms with E-state index in [0.29, 0.717) is 13.0 Å². The molecule has 20 heavy (non-hydrogen) atoms. The van der Waals surface area contributed by atoms with E-state index in [1.807, 2.05) is 6.92 Å². The van der Waals surface area contributed by atoms with Crippen LogP contribution in [0, 0.1) is 5.41 Å². The van der Waals surface area contributed by atoms with Crippen LogP contribution in [0.2, 0.25) is 0 Å². The summed E-state index contributed by atoms with van der Waals surface area (Å²) >= 11 is 0. The van der Waals surface area contributed by atoms with Crippen molar-refractivity contribution < 1.29 is 13.2 Å². The number of rotatable bonds is 5. The number of nitrogens with one attached hydrogen (secondary N) is 1. The normalized spacial score (nSPS) is 37.4. The van der Waals surface area contributed by atoms with E-state index in [1.165, 1.54) is 0 Å². The summed E-state index contributed by atoms with van der Waals surface area (Å²) in [5, 5.41) is 2.93. The van der Waals surface area contributed by atoms with E-state index in [9.17, 15) is 8.42 Å². The van der Waals surface area contributed by atoms with Crippen LogP contribution in [-0.4, -0.2) is 44.2 Å². The molecule has 1 heterocycles. The van der Waals surface area contributed by atoms with Gasteiger partial charge < -0.3 is 10.1 Å². The van der Waals surface area contributed by atoms with Crippen LogP contribution in [0.5, 0.6) is 0 Å². The van der Waals surface area contributed by atoms with Gasteiger partial charge in [0, 0.05) is 12.6 Å². The summed E-state index contributed by atoms with van der Waals surface area (Å²) in [4.78, 5) is 0. The first-order chi connectivity index (χ1) is 9.30. The van der Waals surface area contributed by atoms with Gasteiger partial charge in [-0.1, -0.05) is 20.8 Å². The topological polar surface area (TPSA) is 55.4 Å². The van der Waals surface area contributed by atoms with Crippen molar-refractivity contribution in [3.8, 4) is 0 Å². The zero-order chi connectivity index (χ0) is 15.0. The molecule has 1 aliphatic carbocycles. The number of ether oxygens (including phenoxy) is 1. The Balaban J connectivity index is 2.21. The van der Waals surface area contributed by atoms with Crippen LogP contribution in [0.1, 0.15) is 53.4 Å². The van der Waals surface area contributed by atoms with Gasteiger partial charge in [-0.2, -0.15) is 0 Å². The second kappa shape index (κ2) is 5.93. The molecule has 4 unspecified atom stereocenters. The van der Waals surface area contributed by atoms with Gasteiger partial charge >= 0.3 is 0 Å². The molecule has 1 saturated carbocycles. The molecule has 0 bridgehead atoms. The summed E-state index contributed by atoms with van der Waals surface area (Å²) in [6.07, 6.45) is 3.28. The second-order valence-corrected chi connectivity index (χ2v) is 9.38. The van der Waals surface area contributed by atoms with Crippen LogP contribution in [0.3, 0.4) is 0 Å². The lowest BCUT2D eigenvalue weighted by Crippen LogP contribution is -2.50. The highest BCUT2D eigenvalue weighted by molar-refractivity contribution is 7.92. The molecule has 4 atom stereocenters. The Morgan fingerprint density at radius 3 is 2.50 bits per heavy atom. The minimum Gasteiger partial charge on any atom is -0.377 e. The van der Waals surface area contributed by atoms with E-state index < -0.39 is 9.84 Å². The Kier molecular flexibility index (Phi) is 4.82. The van der Waals surface area contributed by atoms with Crippen molar-refractivity contribution in [2.24, 2.45) is 5.41 Å². The van der Waals surface area contributed by atoms with Gasteiger partial charge in [0.05, 0.1) is 16.6 Å². The van der Waals surface area contributed by atoms with Crippen LogP contribution in [0.25, 0.3) is 0 Å². The molecule has 2 rings (SSSR count). The Morgan fingerprint density at radius 2 is 1.95 bits per heavy atom. The monoisotopic (exact) mass is 303 g/mol. The molecule has 5 heteroatoms. The van der Waals surface area contributed by atoms with Crippen molar-refractivity contribution in [2.75, 3.05) is 13.2 Å². The van der Waals surface area contributed by atoms with Crippen LogP contribution < -0.4 is 5.32 Å². The third kappa shape index (κ3) is 2.90. The Morgan fingerprint density at radius 1 is 1.25 bits per heavy atom. The van der Waals surface area contributed by atoms with Gasteiger partial charge in [-0.3, -0.25) is 0 Å². The Hall–Kier alpha value is -0.130. The van der Waals surface area contributed by atoms with Crippen molar-refractivity contribution in [2.45, 2.75) is 76.0 Å². The first kappa shape index (κ1) is 16.2. The highest BCUT2D eigenvalue weighted by atomic mass is 32.2. The van der Waals surface area contributed by atoms with E-state index in [4.69, 9.17) is 4.74 Å². The van der Waals surface area contributed by atoms with Crippen molar-refractivity contribution in [1.29, 1.82) is 0 Å². The summed E-state index contributed by atoms with van der Waals surface area (Å²) in [5.74, 6) is 0. The number of sulfone groups is 1. The van der Waals surface area contributed by atoms with Gasteiger partial charge in [0.2, 0.25) is 0 Å². The number of hydrogen-bond acceptors (Lipinski definition) is 4. The lowest BCUT2D eigenvalue weighted by Gasteiger charge is -2.33. The van der Waals surface area contributed by atoms with Crippen molar-refractivity contribution in [3.05, 3.63) is 0 Å². The fourth-order valence-corrected chi connectivity index (χ4v) is 6.55. The predicted octanol–water partition coefficient (Wildman–Crippen LogP) is 2.14. The molecule has 2 fully saturated rings. The van der Waals surface area contributed by atoms with Crippen molar-refractivity contribution >= 4 is 9.84 Å². The predicted molar refractivity (Wildman–Crippen MR) is 81.6 cm³/mol. The standard InChI is InChI=1S/C15H29NO3S/c1-5-9-16-14-13(6-8-15(14,3)4)20(17,18)12-7-10-19-11(12)2/h11-14,16H,5-10H2,1-4H3. The molecule has 0 aromatic carbocycles. The highest BCUT2D eigenvalue weighted by Crippen LogP contribution is 2.43. The van der Waals surface area contributed by atoms with E-state index >= 15 is 0 Å². The lowest BCUT2D eigenvalue weighted by molar-refractivity contribution is 0.126. The molecular formula is C15H29NO3S. The molecule has 1 saturated heterocycles. The third-order valence-corrected chi connectivity index (χ3v) is 7.87. The second-order valence-electron chi connectivity index (χ2n) is 6.99. The first-order valence-corrected chi connectivity index (χ1v) is 9.49. The van der Waals surface area contributed by atoms with Crippen LogP contribution in [-0.2, 0) is 14.6 Å². The average molecular weight is 303 g/mol. The van der Waals surface area contributed by atoms with Gasteiger partial charge in [-0.05, 0) is 44.6 Å². The van der Waals surface area contributed by atoms with E-state index in [-0.39, 0.29) is 28.1 Å². The maximum atomic E-state index is 13.0. The molecule has 0 aromatic heterocycles. The van der Waals surface area contributed by atoms with Crippen LogP contribution in [0.4, 0.5) is 0 Å². The zero-order valence-corrected chi connectivity index (χ0v) is 14.0. The lowest BCUT2D eigenvalue weighted by atomic mass is 9.87. The fourth-order valence-electron chi connectivity index (χ4n) is 3.77. The molecule has 2 aliphatic rings. The molecule has 0 radical (unpaired) electrons. The molecule has 118 valence electrons. The van der Waals surface area contributed by atoms with Crippen LogP contribution in [0.15, 0.2) is 0 Å². The molecule has 1 N–H and O–H groups in total. The van der Waals surface area contributed by atoms with Crippen molar-refractivity contribution in [3.63, 3.8) is 0 Å². The molecular weight excluding hydrogens is 274 g/mol. The molecule has 0 spiro atoms.